The molecular formula is C17H25NO4. The number of rotatable bonds is 5. The fraction of sp³-hybridized carbons (Fsp3) is 0.588. The Hall–Kier alpha value is -1.43. The van der Waals surface area contributed by atoms with Gasteiger partial charge < -0.3 is 19.8 Å². The minimum atomic E-state index is -0.684. The highest BCUT2D eigenvalue weighted by Crippen LogP contribution is 2.16. The third-order valence-corrected chi connectivity index (χ3v) is 3.93. The van der Waals surface area contributed by atoms with E-state index < -0.39 is 5.60 Å². The molecule has 22 heavy (non-hydrogen) atoms. The highest BCUT2D eigenvalue weighted by molar-refractivity contribution is 5.94. The first-order valence-electron chi connectivity index (χ1n) is 7.71. The molecule has 2 N–H and O–H groups in total. The molecule has 1 aliphatic rings. The fourth-order valence-corrected chi connectivity index (χ4v) is 2.50. The molecule has 0 unspecified atom stereocenters. The van der Waals surface area contributed by atoms with E-state index in [0.29, 0.717) is 31.7 Å². The summed E-state index contributed by atoms with van der Waals surface area (Å²) in [6.45, 7) is 4.88. The van der Waals surface area contributed by atoms with Crippen LogP contribution in [-0.2, 0) is 11.2 Å². The van der Waals surface area contributed by atoms with Crippen LogP contribution < -0.4 is 0 Å². The van der Waals surface area contributed by atoms with Crippen molar-refractivity contribution >= 4 is 5.91 Å². The molecule has 1 amide bonds. The quantitative estimate of drug-likeness (QED) is 0.858. The molecule has 1 aliphatic heterocycles. The van der Waals surface area contributed by atoms with Gasteiger partial charge in [-0.05, 0) is 44.4 Å². The van der Waals surface area contributed by atoms with Crippen LogP contribution in [0, 0.1) is 0 Å². The summed E-state index contributed by atoms with van der Waals surface area (Å²) < 4.78 is 5.29. The molecule has 5 heteroatoms. The summed E-state index contributed by atoms with van der Waals surface area (Å²) in [5, 5.41) is 19.1. The van der Waals surface area contributed by atoms with Crippen LogP contribution in [0.1, 0.15) is 36.2 Å². The van der Waals surface area contributed by atoms with E-state index in [0.717, 1.165) is 12.0 Å². The van der Waals surface area contributed by atoms with Crippen molar-refractivity contribution in [1.29, 1.82) is 0 Å². The van der Waals surface area contributed by atoms with Gasteiger partial charge >= 0.3 is 0 Å². The zero-order chi connectivity index (χ0) is 16.2. The minimum absolute atomic E-state index is 0.0728. The summed E-state index contributed by atoms with van der Waals surface area (Å²) in [5.41, 5.74) is 1.03. The summed E-state index contributed by atoms with van der Waals surface area (Å²) in [6, 6.07) is 7.20. The van der Waals surface area contributed by atoms with Crippen LogP contribution in [0.4, 0.5) is 0 Å². The molecule has 0 aromatic heterocycles. The smallest absolute Gasteiger partial charge is 0.254 e. The van der Waals surface area contributed by atoms with E-state index in [1.54, 1.807) is 18.7 Å². The number of hydrogen-bond donors (Lipinski definition) is 2. The second kappa shape index (κ2) is 7.22. The topological polar surface area (TPSA) is 70.0 Å². The molecule has 0 bridgehead atoms. The SMILES string of the molecule is CC(C)(O)CCc1ccc(C(=O)N2CCOC[C@H]2CO)cc1. The number of aliphatic hydroxyl groups is 2. The number of aliphatic hydroxyl groups excluding tert-OH is 1. The third-order valence-electron chi connectivity index (χ3n) is 3.93. The molecule has 1 atom stereocenters. The van der Waals surface area contributed by atoms with Crippen molar-refractivity contribution < 1.29 is 19.7 Å². The normalized spacial score (nSPS) is 19.3. The van der Waals surface area contributed by atoms with Gasteiger partial charge in [-0.25, -0.2) is 0 Å². The van der Waals surface area contributed by atoms with E-state index >= 15 is 0 Å². The molecule has 1 fully saturated rings. The number of morpholine rings is 1. The maximum Gasteiger partial charge on any atom is 0.254 e. The summed E-state index contributed by atoms with van der Waals surface area (Å²) in [6.07, 6.45) is 1.45. The number of ether oxygens (including phenoxy) is 1. The largest absolute Gasteiger partial charge is 0.394 e. The van der Waals surface area contributed by atoms with Gasteiger partial charge in [0.05, 0.1) is 31.5 Å². The monoisotopic (exact) mass is 307 g/mol. The van der Waals surface area contributed by atoms with Gasteiger partial charge in [0.25, 0.3) is 5.91 Å². The molecule has 122 valence electrons. The minimum Gasteiger partial charge on any atom is -0.394 e. The average Bonchev–Trinajstić information content (AvgIpc) is 2.52. The highest BCUT2D eigenvalue weighted by atomic mass is 16.5. The predicted molar refractivity (Wildman–Crippen MR) is 83.8 cm³/mol. The van der Waals surface area contributed by atoms with Gasteiger partial charge in [0.1, 0.15) is 0 Å². The Morgan fingerprint density at radius 1 is 1.36 bits per heavy atom. The molecule has 0 spiro atoms. The maximum absolute atomic E-state index is 12.5. The van der Waals surface area contributed by atoms with Crippen molar-refractivity contribution in [2.75, 3.05) is 26.4 Å². The van der Waals surface area contributed by atoms with E-state index in [9.17, 15) is 15.0 Å². The number of amides is 1. The number of benzene rings is 1. The second-order valence-corrected chi connectivity index (χ2v) is 6.42. The molecular weight excluding hydrogens is 282 g/mol. The summed E-state index contributed by atoms with van der Waals surface area (Å²) in [4.78, 5) is 14.2. The molecule has 0 saturated carbocycles. The molecule has 1 aromatic rings. The van der Waals surface area contributed by atoms with Crippen LogP contribution in [0.25, 0.3) is 0 Å². The van der Waals surface area contributed by atoms with Crippen LogP contribution in [0.15, 0.2) is 24.3 Å². The maximum atomic E-state index is 12.5. The van der Waals surface area contributed by atoms with Crippen molar-refractivity contribution in [2.45, 2.75) is 38.3 Å². The van der Waals surface area contributed by atoms with Crippen LogP contribution >= 0.6 is 0 Å². The van der Waals surface area contributed by atoms with Gasteiger partial charge in [0, 0.05) is 12.1 Å². The summed E-state index contributed by atoms with van der Waals surface area (Å²) in [5.74, 6) is -0.0728. The number of nitrogens with zero attached hydrogens (tertiary/aromatic N) is 1. The first-order valence-corrected chi connectivity index (χ1v) is 7.71. The zero-order valence-electron chi connectivity index (χ0n) is 13.3. The van der Waals surface area contributed by atoms with Crippen LogP contribution in [0.2, 0.25) is 0 Å². The van der Waals surface area contributed by atoms with Gasteiger partial charge in [0.2, 0.25) is 0 Å². The molecule has 1 aromatic carbocycles. The Labute approximate surface area is 131 Å². The molecule has 2 rings (SSSR count). The molecule has 1 saturated heterocycles. The van der Waals surface area contributed by atoms with E-state index in [-0.39, 0.29) is 18.6 Å². The van der Waals surface area contributed by atoms with E-state index in [2.05, 4.69) is 0 Å². The van der Waals surface area contributed by atoms with Crippen molar-refractivity contribution in [3.63, 3.8) is 0 Å². The Kier molecular flexibility index (Phi) is 5.56. The van der Waals surface area contributed by atoms with Crippen LogP contribution in [0.5, 0.6) is 0 Å². The molecule has 5 nitrogen and oxygen atoms in total. The molecule has 0 aliphatic carbocycles. The third kappa shape index (κ3) is 4.53. The van der Waals surface area contributed by atoms with Crippen molar-refractivity contribution in [3.8, 4) is 0 Å². The lowest BCUT2D eigenvalue weighted by Gasteiger charge is -2.34. The van der Waals surface area contributed by atoms with Gasteiger partial charge in [-0.2, -0.15) is 0 Å². The molecule has 0 radical (unpaired) electrons. The van der Waals surface area contributed by atoms with Gasteiger partial charge in [-0.15, -0.1) is 0 Å². The van der Waals surface area contributed by atoms with E-state index in [1.165, 1.54) is 0 Å². The Morgan fingerprint density at radius 2 is 2.05 bits per heavy atom. The average molecular weight is 307 g/mol. The number of aryl methyl sites for hydroxylation is 1. The van der Waals surface area contributed by atoms with E-state index in [4.69, 9.17) is 4.74 Å². The van der Waals surface area contributed by atoms with Gasteiger partial charge in [-0.3, -0.25) is 4.79 Å². The number of carbonyl (C=O) groups excluding carboxylic acids is 1. The van der Waals surface area contributed by atoms with Crippen molar-refractivity contribution in [1.82, 2.24) is 4.90 Å². The van der Waals surface area contributed by atoms with Gasteiger partial charge in [-0.1, -0.05) is 12.1 Å². The first kappa shape index (κ1) is 16.9. The standard InChI is InChI=1S/C17H25NO4/c1-17(2,21)8-7-13-3-5-14(6-4-13)16(20)18-9-10-22-12-15(18)11-19/h3-6,15,19,21H,7-12H2,1-2H3/t15-/m1/s1. The van der Waals surface area contributed by atoms with Crippen LogP contribution in [-0.4, -0.2) is 59.0 Å². The first-order chi connectivity index (χ1) is 10.4. The van der Waals surface area contributed by atoms with Gasteiger partial charge in [0.15, 0.2) is 0 Å². The fourth-order valence-electron chi connectivity index (χ4n) is 2.50. The van der Waals surface area contributed by atoms with Crippen molar-refractivity contribution in [2.24, 2.45) is 0 Å². The predicted octanol–water partition coefficient (Wildman–Crippen LogP) is 1.22. The lowest BCUT2D eigenvalue weighted by atomic mass is 9.98. The van der Waals surface area contributed by atoms with Crippen molar-refractivity contribution in [3.05, 3.63) is 35.4 Å². The Bertz CT molecular complexity index is 492. The highest BCUT2D eigenvalue weighted by Gasteiger charge is 2.27. The van der Waals surface area contributed by atoms with Crippen LogP contribution in [0.3, 0.4) is 0 Å². The molecule has 1 heterocycles. The summed E-state index contributed by atoms with van der Waals surface area (Å²) >= 11 is 0. The lowest BCUT2D eigenvalue weighted by Crippen LogP contribution is -2.50. The lowest BCUT2D eigenvalue weighted by molar-refractivity contribution is -0.0183. The van der Waals surface area contributed by atoms with E-state index in [1.807, 2.05) is 24.3 Å². The second-order valence-electron chi connectivity index (χ2n) is 6.42. The number of hydrogen-bond acceptors (Lipinski definition) is 4. The Balaban J connectivity index is 2.01. The zero-order valence-corrected chi connectivity index (χ0v) is 13.3. The Morgan fingerprint density at radius 3 is 2.64 bits per heavy atom. The summed E-state index contributed by atoms with van der Waals surface area (Å²) in [7, 11) is 0. The number of carbonyl (C=O) groups is 1.